The number of amides is 1. The molecule has 0 bridgehead atoms. The van der Waals surface area contributed by atoms with Crippen molar-refractivity contribution in [2.45, 2.75) is 19.4 Å². The van der Waals surface area contributed by atoms with Gasteiger partial charge in [0.15, 0.2) is 0 Å². The fraction of sp³-hybridized carbons (Fsp3) is 0.250. The number of carbonyl (C=O) groups excluding carboxylic acids is 1. The minimum absolute atomic E-state index is 0.0973. The Bertz CT molecular complexity index is 570. The summed E-state index contributed by atoms with van der Waals surface area (Å²) in [6.07, 6.45) is 2.25. The highest BCUT2D eigenvalue weighted by atomic mass is 16.3. The van der Waals surface area contributed by atoms with Crippen LogP contribution in [0.2, 0.25) is 0 Å². The van der Waals surface area contributed by atoms with Gasteiger partial charge >= 0.3 is 0 Å². The molecule has 0 spiro atoms. The van der Waals surface area contributed by atoms with E-state index in [0.29, 0.717) is 17.7 Å². The molecule has 104 valence electrons. The van der Waals surface area contributed by atoms with Crippen molar-refractivity contribution in [3.63, 3.8) is 0 Å². The molecule has 2 rings (SSSR count). The first-order valence-electron chi connectivity index (χ1n) is 6.58. The highest BCUT2D eigenvalue weighted by Crippen LogP contribution is 2.06. The van der Waals surface area contributed by atoms with Gasteiger partial charge in [0.25, 0.3) is 5.91 Å². The lowest BCUT2D eigenvalue weighted by atomic mass is 10.1. The molecule has 20 heavy (non-hydrogen) atoms. The molecule has 1 aromatic heterocycles. The Kier molecular flexibility index (Phi) is 4.85. The summed E-state index contributed by atoms with van der Waals surface area (Å²) >= 11 is 0. The van der Waals surface area contributed by atoms with Crippen molar-refractivity contribution in [2.24, 2.45) is 0 Å². The molecule has 0 radical (unpaired) electrons. The second kappa shape index (κ2) is 6.82. The molecular formula is C16H18N2O2. The minimum Gasteiger partial charge on any atom is -0.394 e. The zero-order valence-electron chi connectivity index (χ0n) is 11.4. The molecule has 1 atom stereocenters. The fourth-order valence-corrected chi connectivity index (χ4v) is 2.05. The predicted octanol–water partition coefficient (Wildman–Crippen LogP) is 1.72. The van der Waals surface area contributed by atoms with Crippen LogP contribution in [0, 0.1) is 6.92 Å². The number of aliphatic hydroxyl groups is 1. The smallest absolute Gasteiger partial charge is 0.253 e. The van der Waals surface area contributed by atoms with Gasteiger partial charge in [0, 0.05) is 11.9 Å². The van der Waals surface area contributed by atoms with Crippen molar-refractivity contribution in [3.05, 3.63) is 65.5 Å². The molecule has 0 aliphatic carbocycles. The Balaban J connectivity index is 2.03. The lowest BCUT2D eigenvalue weighted by Gasteiger charge is -2.17. The zero-order valence-corrected chi connectivity index (χ0v) is 11.4. The fourth-order valence-electron chi connectivity index (χ4n) is 2.05. The first-order valence-corrected chi connectivity index (χ1v) is 6.58. The Morgan fingerprint density at radius 1 is 1.25 bits per heavy atom. The van der Waals surface area contributed by atoms with Crippen LogP contribution in [0.4, 0.5) is 0 Å². The summed E-state index contributed by atoms with van der Waals surface area (Å²) in [4.78, 5) is 16.3. The van der Waals surface area contributed by atoms with E-state index in [4.69, 9.17) is 0 Å². The van der Waals surface area contributed by atoms with Gasteiger partial charge in [-0.05, 0) is 31.0 Å². The van der Waals surface area contributed by atoms with Gasteiger partial charge in [-0.15, -0.1) is 0 Å². The molecule has 0 aliphatic heterocycles. The number of pyridine rings is 1. The van der Waals surface area contributed by atoms with Gasteiger partial charge in [-0.25, -0.2) is 0 Å². The third-order valence-corrected chi connectivity index (χ3v) is 3.13. The Hall–Kier alpha value is -2.20. The SMILES string of the molecule is Cc1ncccc1C(=O)N[C@@H](CO)Cc1ccccc1. The maximum absolute atomic E-state index is 12.2. The summed E-state index contributed by atoms with van der Waals surface area (Å²) in [6.45, 7) is 1.69. The number of aryl methyl sites for hydroxylation is 1. The standard InChI is InChI=1S/C16H18N2O2/c1-12-15(8-5-9-17-12)16(20)18-14(11-19)10-13-6-3-2-4-7-13/h2-9,14,19H,10-11H2,1H3,(H,18,20)/t14-/m1/s1. The highest BCUT2D eigenvalue weighted by molar-refractivity contribution is 5.95. The summed E-state index contributed by atoms with van der Waals surface area (Å²) in [6, 6.07) is 12.9. The molecular weight excluding hydrogens is 252 g/mol. The van der Waals surface area contributed by atoms with Crippen molar-refractivity contribution >= 4 is 5.91 Å². The molecule has 1 aromatic carbocycles. The molecule has 0 aliphatic rings. The van der Waals surface area contributed by atoms with E-state index in [1.165, 1.54) is 0 Å². The Labute approximate surface area is 118 Å². The second-order valence-corrected chi connectivity index (χ2v) is 4.68. The van der Waals surface area contributed by atoms with Gasteiger partial charge in [0.05, 0.1) is 18.2 Å². The molecule has 0 fully saturated rings. The van der Waals surface area contributed by atoms with Crippen LogP contribution < -0.4 is 5.32 Å². The summed E-state index contributed by atoms with van der Waals surface area (Å²) in [7, 11) is 0. The summed E-state index contributed by atoms with van der Waals surface area (Å²) in [5.41, 5.74) is 2.30. The summed E-state index contributed by atoms with van der Waals surface area (Å²) in [5, 5.41) is 12.3. The monoisotopic (exact) mass is 270 g/mol. The van der Waals surface area contributed by atoms with Crippen LogP contribution in [-0.4, -0.2) is 28.6 Å². The number of aromatic nitrogens is 1. The number of hydrogen-bond donors (Lipinski definition) is 2. The molecule has 2 aromatic rings. The lowest BCUT2D eigenvalue weighted by Crippen LogP contribution is -2.39. The van der Waals surface area contributed by atoms with Crippen molar-refractivity contribution in [1.82, 2.24) is 10.3 Å². The van der Waals surface area contributed by atoms with Gasteiger partial charge in [0.2, 0.25) is 0 Å². The van der Waals surface area contributed by atoms with Crippen LogP contribution >= 0.6 is 0 Å². The molecule has 0 unspecified atom stereocenters. The van der Waals surface area contributed by atoms with Crippen LogP contribution in [0.25, 0.3) is 0 Å². The van der Waals surface area contributed by atoms with E-state index in [1.807, 2.05) is 30.3 Å². The maximum Gasteiger partial charge on any atom is 0.253 e. The summed E-state index contributed by atoms with van der Waals surface area (Å²) < 4.78 is 0. The van der Waals surface area contributed by atoms with E-state index in [9.17, 15) is 9.90 Å². The van der Waals surface area contributed by atoms with Gasteiger partial charge in [-0.2, -0.15) is 0 Å². The number of carbonyl (C=O) groups is 1. The normalized spacial score (nSPS) is 11.9. The van der Waals surface area contributed by atoms with Crippen molar-refractivity contribution < 1.29 is 9.90 Å². The minimum atomic E-state index is -0.301. The predicted molar refractivity (Wildman–Crippen MR) is 77.5 cm³/mol. The van der Waals surface area contributed by atoms with E-state index in [0.717, 1.165) is 5.56 Å². The highest BCUT2D eigenvalue weighted by Gasteiger charge is 2.15. The van der Waals surface area contributed by atoms with Crippen LogP contribution in [0.15, 0.2) is 48.7 Å². The van der Waals surface area contributed by atoms with Crippen molar-refractivity contribution in [1.29, 1.82) is 0 Å². The average molecular weight is 270 g/mol. The first-order chi connectivity index (χ1) is 9.70. The average Bonchev–Trinajstić information content (AvgIpc) is 2.48. The van der Waals surface area contributed by atoms with Crippen LogP contribution in [0.1, 0.15) is 21.6 Å². The number of hydrogen-bond acceptors (Lipinski definition) is 3. The molecule has 4 nitrogen and oxygen atoms in total. The third-order valence-electron chi connectivity index (χ3n) is 3.13. The van der Waals surface area contributed by atoms with Gasteiger partial charge in [-0.3, -0.25) is 9.78 Å². The number of benzene rings is 1. The Morgan fingerprint density at radius 3 is 2.65 bits per heavy atom. The maximum atomic E-state index is 12.2. The third kappa shape index (κ3) is 3.65. The van der Waals surface area contributed by atoms with Gasteiger partial charge in [0.1, 0.15) is 0 Å². The van der Waals surface area contributed by atoms with Crippen LogP contribution in [-0.2, 0) is 6.42 Å². The van der Waals surface area contributed by atoms with Crippen LogP contribution in [0.5, 0.6) is 0 Å². The largest absolute Gasteiger partial charge is 0.394 e. The summed E-state index contributed by atoms with van der Waals surface area (Å²) in [5.74, 6) is -0.203. The molecule has 1 amide bonds. The number of nitrogens with one attached hydrogen (secondary N) is 1. The number of rotatable bonds is 5. The van der Waals surface area contributed by atoms with Crippen molar-refractivity contribution in [2.75, 3.05) is 6.61 Å². The van der Waals surface area contributed by atoms with E-state index >= 15 is 0 Å². The first kappa shape index (κ1) is 14.2. The van der Waals surface area contributed by atoms with E-state index in [-0.39, 0.29) is 18.6 Å². The topological polar surface area (TPSA) is 62.2 Å². The Morgan fingerprint density at radius 2 is 2.00 bits per heavy atom. The molecule has 0 saturated carbocycles. The molecule has 4 heteroatoms. The van der Waals surface area contributed by atoms with E-state index in [1.54, 1.807) is 25.3 Å². The lowest BCUT2D eigenvalue weighted by molar-refractivity contribution is 0.0915. The van der Waals surface area contributed by atoms with E-state index in [2.05, 4.69) is 10.3 Å². The second-order valence-electron chi connectivity index (χ2n) is 4.68. The zero-order chi connectivity index (χ0) is 14.4. The van der Waals surface area contributed by atoms with E-state index < -0.39 is 0 Å². The van der Waals surface area contributed by atoms with Gasteiger partial charge in [-0.1, -0.05) is 30.3 Å². The number of aliphatic hydroxyl groups excluding tert-OH is 1. The van der Waals surface area contributed by atoms with Crippen LogP contribution in [0.3, 0.4) is 0 Å². The van der Waals surface area contributed by atoms with Gasteiger partial charge < -0.3 is 10.4 Å². The molecule has 1 heterocycles. The number of nitrogens with zero attached hydrogens (tertiary/aromatic N) is 1. The molecule has 2 N–H and O–H groups in total. The van der Waals surface area contributed by atoms with Crippen molar-refractivity contribution in [3.8, 4) is 0 Å². The molecule has 0 saturated heterocycles. The quantitative estimate of drug-likeness (QED) is 0.869.